The molecule has 0 aliphatic carbocycles. The molecule has 4 heterocycles. The summed E-state index contributed by atoms with van der Waals surface area (Å²) >= 11 is 3.20. The summed E-state index contributed by atoms with van der Waals surface area (Å²) in [6, 6.07) is 38.0. The fourth-order valence-corrected chi connectivity index (χ4v) is 4.77. The predicted octanol–water partition coefficient (Wildman–Crippen LogP) is 7.31. The molecule has 7 rings (SSSR count). The molecular weight excluding hydrogens is 805 g/mol. The molecule has 292 valence electrons. The Morgan fingerprint density at radius 2 is 1.08 bits per heavy atom. The minimum atomic E-state index is -1.38. The van der Waals surface area contributed by atoms with Gasteiger partial charge in [0.05, 0.1) is 0 Å². The highest BCUT2D eigenvalue weighted by Crippen LogP contribution is 2.22. The van der Waals surface area contributed by atoms with Gasteiger partial charge in [0.1, 0.15) is 41.8 Å². The molecule has 3 aromatic carbocycles. The molecule has 0 fully saturated rings. The van der Waals surface area contributed by atoms with E-state index in [9.17, 15) is 0 Å². The molecule has 0 radical (unpaired) electrons. The number of hydrogen-bond acceptors (Lipinski definition) is 11. The van der Waals surface area contributed by atoms with Crippen molar-refractivity contribution in [3.8, 4) is 45.9 Å². The standard InChI is InChI=1S/C15H12N4.C14H10N2.C8H9BO2.C6H3BrN2.C2H5NO/c1-2-11-3-5-12(6-4-11)13-7-8-14(16-9-13)15-17-10-18-19-15;1-2-11-3-5-12(6-4-11)13-7-8-14(9-15)16-10-13;1-2-7-3-5-8(6-4-7)9(10)11;7-5-1-2-6(3-8)9-4-5;3-1-2-4/h2-10H,1H2,(H,17,18,19);2-8,10H,1H2;2-6,10-11H,1H2;1-2,4H;2H,1,3H2. The van der Waals surface area contributed by atoms with Gasteiger partial charge < -0.3 is 20.6 Å². The first kappa shape index (κ1) is 45.9. The first-order valence-electron chi connectivity index (χ1n) is 17.6. The summed E-state index contributed by atoms with van der Waals surface area (Å²) in [7, 11) is -1.38. The maximum Gasteiger partial charge on any atom is 0.488 e. The van der Waals surface area contributed by atoms with Gasteiger partial charge in [0.25, 0.3) is 0 Å². The number of carbonyl (C=O) groups excluding carboxylic acids is 1. The van der Waals surface area contributed by atoms with Crippen molar-refractivity contribution >= 4 is 53.0 Å². The Morgan fingerprint density at radius 3 is 1.42 bits per heavy atom. The van der Waals surface area contributed by atoms with E-state index in [-0.39, 0.29) is 6.54 Å². The Labute approximate surface area is 351 Å². The van der Waals surface area contributed by atoms with Crippen LogP contribution in [0.1, 0.15) is 28.1 Å². The lowest BCUT2D eigenvalue weighted by Gasteiger charge is -2.03. The molecule has 0 amide bonds. The zero-order valence-corrected chi connectivity index (χ0v) is 33.4. The summed E-state index contributed by atoms with van der Waals surface area (Å²) in [4.78, 5) is 25.3. The molecule has 0 aliphatic rings. The third-order valence-electron chi connectivity index (χ3n) is 7.67. The number of aromatic amines is 1. The molecule has 0 saturated carbocycles. The summed E-state index contributed by atoms with van der Waals surface area (Å²) in [6.45, 7) is 11.2. The quantitative estimate of drug-likeness (QED) is 0.0880. The Bertz CT molecular complexity index is 2410. The molecule has 59 heavy (non-hydrogen) atoms. The number of benzene rings is 3. The van der Waals surface area contributed by atoms with Gasteiger partial charge in [-0.15, -0.1) is 0 Å². The van der Waals surface area contributed by atoms with Crippen molar-refractivity contribution in [2.24, 2.45) is 5.73 Å². The maximum atomic E-state index is 9.05. The van der Waals surface area contributed by atoms with E-state index in [1.165, 1.54) is 6.33 Å². The first-order valence-corrected chi connectivity index (χ1v) is 18.3. The smallest absolute Gasteiger partial charge is 0.423 e. The van der Waals surface area contributed by atoms with Crippen molar-refractivity contribution in [3.05, 3.63) is 186 Å². The van der Waals surface area contributed by atoms with Crippen LogP contribution in [0.25, 0.3) is 52.0 Å². The summed E-state index contributed by atoms with van der Waals surface area (Å²) in [5, 5.41) is 41.0. The first-order chi connectivity index (χ1) is 28.7. The number of nitrogens with zero attached hydrogens (tertiary/aromatic N) is 7. The van der Waals surface area contributed by atoms with Gasteiger partial charge in [-0.1, -0.05) is 117 Å². The molecule has 12 nitrogen and oxygen atoms in total. The summed E-state index contributed by atoms with van der Waals surface area (Å²) < 4.78 is 0.890. The molecule has 5 N–H and O–H groups in total. The van der Waals surface area contributed by atoms with Crippen LogP contribution in [0.3, 0.4) is 0 Å². The van der Waals surface area contributed by atoms with E-state index >= 15 is 0 Å². The predicted molar refractivity (Wildman–Crippen MR) is 238 cm³/mol. The molecule has 14 heteroatoms. The number of nitriles is 2. The van der Waals surface area contributed by atoms with Crippen molar-refractivity contribution in [2.45, 2.75) is 0 Å². The molecule has 0 atom stereocenters. The number of aromatic nitrogens is 6. The molecule has 0 aliphatic heterocycles. The number of nitrogens with two attached hydrogens (primary N) is 1. The van der Waals surface area contributed by atoms with Gasteiger partial charge in [-0.05, 0) is 79.5 Å². The number of rotatable bonds is 8. The second-order valence-corrected chi connectivity index (χ2v) is 12.5. The second kappa shape index (κ2) is 25.7. The van der Waals surface area contributed by atoms with Crippen LogP contribution in [-0.2, 0) is 4.79 Å². The summed E-state index contributed by atoms with van der Waals surface area (Å²) in [6.07, 6.45) is 12.6. The zero-order chi connectivity index (χ0) is 42.8. The number of carbonyl (C=O) groups is 1. The van der Waals surface area contributed by atoms with Crippen LogP contribution in [0.4, 0.5) is 0 Å². The third-order valence-corrected chi connectivity index (χ3v) is 8.14. The number of H-pyrrole nitrogens is 1. The number of aldehydes is 1. The van der Waals surface area contributed by atoms with Crippen molar-refractivity contribution in [1.82, 2.24) is 30.1 Å². The van der Waals surface area contributed by atoms with Gasteiger partial charge in [-0.2, -0.15) is 15.6 Å². The van der Waals surface area contributed by atoms with Gasteiger partial charge >= 0.3 is 7.12 Å². The van der Waals surface area contributed by atoms with Gasteiger partial charge in [-0.25, -0.2) is 15.0 Å². The van der Waals surface area contributed by atoms with Gasteiger partial charge in [0, 0.05) is 40.7 Å². The Balaban J connectivity index is 0.000000211. The lowest BCUT2D eigenvalue weighted by molar-refractivity contribution is -0.106. The van der Waals surface area contributed by atoms with Gasteiger partial charge in [0.2, 0.25) is 0 Å². The van der Waals surface area contributed by atoms with E-state index in [1.807, 2.05) is 79.0 Å². The lowest BCUT2D eigenvalue weighted by Crippen LogP contribution is -2.29. The lowest BCUT2D eigenvalue weighted by atomic mass is 9.80. The molecule has 0 saturated heterocycles. The van der Waals surface area contributed by atoms with Crippen molar-refractivity contribution in [1.29, 1.82) is 10.5 Å². The maximum absolute atomic E-state index is 9.05. The molecule has 0 unspecified atom stereocenters. The van der Waals surface area contributed by atoms with Crippen LogP contribution in [0.5, 0.6) is 0 Å². The number of halogens is 1. The molecule has 0 bridgehead atoms. The van der Waals surface area contributed by atoms with Gasteiger partial charge in [-0.3, -0.25) is 10.1 Å². The largest absolute Gasteiger partial charge is 0.488 e. The van der Waals surface area contributed by atoms with Crippen molar-refractivity contribution in [2.75, 3.05) is 6.54 Å². The monoisotopic (exact) mass is 843 g/mol. The van der Waals surface area contributed by atoms with Crippen molar-refractivity contribution < 1.29 is 14.8 Å². The Morgan fingerprint density at radius 1 is 0.644 bits per heavy atom. The number of pyridine rings is 3. The van der Waals surface area contributed by atoms with Gasteiger partial charge in [0.15, 0.2) is 5.82 Å². The molecule has 4 aromatic heterocycles. The van der Waals surface area contributed by atoms with Crippen molar-refractivity contribution in [3.63, 3.8) is 0 Å². The van der Waals surface area contributed by atoms with E-state index < -0.39 is 7.12 Å². The Kier molecular flexibility index (Phi) is 20.0. The van der Waals surface area contributed by atoms with E-state index in [4.69, 9.17) is 25.4 Å². The van der Waals surface area contributed by atoms with Crippen LogP contribution in [0.2, 0.25) is 0 Å². The van der Waals surface area contributed by atoms with Crippen LogP contribution in [-0.4, -0.2) is 60.1 Å². The van der Waals surface area contributed by atoms with E-state index in [1.54, 1.807) is 67.0 Å². The number of hydrogen-bond donors (Lipinski definition) is 4. The SMILES string of the molecule is C=Cc1ccc(-c2ccc(-c3ncn[nH]3)nc2)cc1.C=Cc1ccc(-c2ccc(C#N)nc2)cc1.C=Cc1ccc(B(O)O)cc1.N#Cc1ccc(Br)cn1.NCC=O. The van der Waals surface area contributed by atoms with E-state index in [2.05, 4.69) is 83.7 Å². The minimum Gasteiger partial charge on any atom is -0.423 e. The zero-order valence-electron chi connectivity index (χ0n) is 31.8. The third kappa shape index (κ3) is 15.9. The van der Waals surface area contributed by atoms with E-state index in [0.717, 1.165) is 49.1 Å². The fourth-order valence-electron chi connectivity index (χ4n) is 4.53. The molecule has 0 spiro atoms. The highest BCUT2D eigenvalue weighted by Gasteiger charge is 2.08. The van der Waals surface area contributed by atoms with Crippen LogP contribution >= 0.6 is 15.9 Å². The highest BCUT2D eigenvalue weighted by molar-refractivity contribution is 9.10. The minimum absolute atomic E-state index is 0.139. The van der Waals surface area contributed by atoms with Crippen LogP contribution in [0.15, 0.2) is 158 Å². The summed E-state index contributed by atoms with van der Waals surface area (Å²) in [5.41, 5.74) is 14.3. The van der Waals surface area contributed by atoms with E-state index in [0.29, 0.717) is 29.0 Å². The average molecular weight is 845 g/mol. The molecular formula is C45H39BBrN9O3. The number of nitrogens with one attached hydrogen (secondary N) is 1. The summed E-state index contributed by atoms with van der Waals surface area (Å²) in [5.74, 6) is 0.675. The normalized spacial score (nSPS) is 9.32. The average Bonchev–Trinajstić information content (AvgIpc) is 3.86. The topological polar surface area (TPSA) is 211 Å². The second-order valence-electron chi connectivity index (χ2n) is 11.6. The molecule has 7 aromatic rings. The van der Waals surface area contributed by atoms with Crippen LogP contribution in [0, 0.1) is 22.7 Å². The highest BCUT2D eigenvalue weighted by atomic mass is 79.9. The Hall–Kier alpha value is -7.46. The fraction of sp³-hybridized carbons (Fsp3) is 0.0222. The van der Waals surface area contributed by atoms with Crippen LogP contribution < -0.4 is 11.2 Å².